The maximum Gasteiger partial charge on any atom is 0.331 e. The van der Waals surface area contributed by atoms with Crippen LogP contribution >= 0.6 is 0 Å². The van der Waals surface area contributed by atoms with E-state index in [2.05, 4.69) is 0 Å². The molecule has 0 atom stereocenters. The van der Waals surface area contributed by atoms with Gasteiger partial charge in [0.25, 0.3) is 0 Å². The van der Waals surface area contributed by atoms with Gasteiger partial charge in [0.05, 0.1) is 0 Å². The summed E-state index contributed by atoms with van der Waals surface area (Å²) in [6.45, 7) is 1.38. The Balaban J connectivity index is 4.32. The SMILES string of the molecule is CC(=CC(=O)N(C)C)C(=O)O. The molecule has 0 saturated carbocycles. The van der Waals surface area contributed by atoms with Crippen molar-refractivity contribution in [2.24, 2.45) is 0 Å². The fourth-order valence-corrected chi connectivity index (χ4v) is 0.376. The standard InChI is InChI=1S/C7H11NO3/c1-5(7(10)11)4-6(9)8(2)3/h4H,1-3H3,(H,10,11). The van der Waals surface area contributed by atoms with Crippen LogP contribution in [0.1, 0.15) is 6.92 Å². The molecule has 0 heterocycles. The maximum atomic E-state index is 10.8. The molecule has 0 bridgehead atoms. The second-order valence-corrected chi connectivity index (χ2v) is 2.37. The highest BCUT2D eigenvalue weighted by molar-refractivity contribution is 5.96. The van der Waals surface area contributed by atoms with Crippen molar-refractivity contribution in [3.05, 3.63) is 11.6 Å². The quantitative estimate of drug-likeness (QED) is 0.578. The average molecular weight is 157 g/mol. The second-order valence-electron chi connectivity index (χ2n) is 2.37. The fraction of sp³-hybridized carbons (Fsp3) is 0.429. The van der Waals surface area contributed by atoms with Gasteiger partial charge >= 0.3 is 5.97 Å². The molecule has 62 valence electrons. The summed E-state index contributed by atoms with van der Waals surface area (Å²) >= 11 is 0. The van der Waals surface area contributed by atoms with E-state index in [0.717, 1.165) is 6.08 Å². The van der Waals surface area contributed by atoms with E-state index in [-0.39, 0.29) is 11.5 Å². The van der Waals surface area contributed by atoms with Crippen molar-refractivity contribution in [2.75, 3.05) is 14.1 Å². The number of likely N-dealkylation sites (N-methyl/N-ethyl adjacent to an activating group) is 1. The number of amides is 1. The molecule has 0 spiro atoms. The zero-order chi connectivity index (χ0) is 9.02. The van der Waals surface area contributed by atoms with Crippen LogP contribution in [0.3, 0.4) is 0 Å². The van der Waals surface area contributed by atoms with E-state index >= 15 is 0 Å². The summed E-state index contributed by atoms with van der Waals surface area (Å²) in [5.74, 6) is -1.38. The van der Waals surface area contributed by atoms with E-state index in [1.54, 1.807) is 14.1 Å². The predicted octanol–water partition coefficient (Wildman–Crippen LogP) is 0.106. The summed E-state index contributed by atoms with van der Waals surface area (Å²) in [5, 5.41) is 8.37. The number of hydrogen-bond acceptors (Lipinski definition) is 2. The topological polar surface area (TPSA) is 57.6 Å². The lowest BCUT2D eigenvalue weighted by Gasteiger charge is -2.05. The number of nitrogens with zero attached hydrogens (tertiary/aromatic N) is 1. The number of carbonyl (C=O) groups is 2. The molecule has 4 nitrogen and oxygen atoms in total. The Bertz CT molecular complexity index is 206. The number of carboxylic acids is 1. The molecule has 11 heavy (non-hydrogen) atoms. The zero-order valence-electron chi connectivity index (χ0n) is 6.79. The first-order valence-corrected chi connectivity index (χ1v) is 3.08. The van der Waals surface area contributed by atoms with Crippen molar-refractivity contribution in [3.63, 3.8) is 0 Å². The van der Waals surface area contributed by atoms with E-state index in [0.29, 0.717) is 0 Å². The molecular weight excluding hydrogens is 146 g/mol. The molecule has 4 heteroatoms. The number of carboxylic acid groups (broad SMARTS) is 1. The van der Waals surface area contributed by atoms with Crippen molar-refractivity contribution < 1.29 is 14.7 Å². The summed E-state index contributed by atoms with van der Waals surface area (Å²) < 4.78 is 0. The van der Waals surface area contributed by atoms with Gasteiger partial charge in [-0.2, -0.15) is 0 Å². The van der Waals surface area contributed by atoms with Crippen molar-refractivity contribution in [3.8, 4) is 0 Å². The van der Waals surface area contributed by atoms with E-state index < -0.39 is 5.97 Å². The van der Waals surface area contributed by atoms with Crippen molar-refractivity contribution in [2.45, 2.75) is 6.92 Å². The van der Waals surface area contributed by atoms with Gasteiger partial charge in [0.15, 0.2) is 0 Å². The lowest BCUT2D eigenvalue weighted by Crippen LogP contribution is -2.20. The van der Waals surface area contributed by atoms with Gasteiger partial charge in [0.2, 0.25) is 5.91 Å². The highest BCUT2D eigenvalue weighted by Gasteiger charge is 2.04. The Morgan fingerprint density at radius 3 is 2.09 bits per heavy atom. The monoisotopic (exact) mass is 157 g/mol. The molecule has 0 radical (unpaired) electrons. The minimum absolute atomic E-state index is 0.0451. The molecule has 0 aromatic carbocycles. The van der Waals surface area contributed by atoms with Crippen molar-refractivity contribution in [1.82, 2.24) is 4.90 Å². The summed E-state index contributed by atoms with van der Waals surface area (Å²) in [6, 6.07) is 0. The van der Waals surface area contributed by atoms with Gasteiger partial charge in [0.1, 0.15) is 0 Å². The lowest BCUT2D eigenvalue weighted by atomic mass is 10.3. The smallest absolute Gasteiger partial charge is 0.331 e. The Morgan fingerprint density at radius 1 is 1.36 bits per heavy atom. The number of aliphatic carboxylic acids is 1. The van der Waals surface area contributed by atoms with Gasteiger partial charge < -0.3 is 10.0 Å². The molecule has 0 fully saturated rings. The van der Waals surface area contributed by atoms with Gasteiger partial charge in [0, 0.05) is 25.7 Å². The van der Waals surface area contributed by atoms with Gasteiger partial charge in [-0.05, 0) is 6.92 Å². The van der Waals surface area contributed by atoms with Crippen LogP contribution in [0.5, 0.6) is 0 Å². The first kappa shape index (κ1) is 9.68. The number of rotatable bonds is 2. The first-order valence-electron chi connectivity index (χ1n) is 3.08. The number of hydrogen-bond donors (Lipinski definition) is 1. The van der Waals surface area contributed by atoms with Crippen LogP contribution < -0.4 is 0 Å². The van der Waals surface area contributed by atoms with Gasteiger partial charge in [-0.3, -0.25) is 4.79 Å². The molecular formula is C7H11NO3. The van der Waals surface area contributed by atoms with Crippen LogP contribution in [0.25, 0.3) is 0 Å². The Hall–Kier alpha value is -1.32. The van der Waals surface area contributed by atoms with E-state index in [1.165, 1.54) is 11.8 Å². The zero-order valence-corrected chi connectivity index (χ0v) is 6.79. The minimum Gasteiger partial charge on any atom is -0.478 e. The largest absolute Gasteiger partial charge is 0.478 e. The third kappa shape index (κ3) is 3.40. The summed E-state index contributed by atoms with van der Waals surface area (Å²) in [7, 11) is 3.13. The summed E-state index contributed by atoms with van der Waals surface area (Å²) in [4.78, 5) is 22.4. The molecule has 0 aliphatic heterocycles. The Kier molecular flexibility index (Phi) is 3.30. The van der Waals surface area contributed by atoms with Crippen LogP contribution in [0.15, 0.2) is 11.6 Å². The molecule has 0 aromatic heterocycles. The maximum absolute atomic E-state index is 10.8. The van der Waals surface area contributed by atoms with Crippen molar-refractivity contribution in [1.29, 1.82) is 0 Å². The second kappa shape index (κ2) is 3.75. The molecule has 0 rings (SSSR count). The molecule has 1 amide bonds. The van der Waals surface area contributed by atoms with Crippen molar-refractivity contribution >= 4 is 11.9 Å². The molecule has 1 N–H and O–H groups in total. The summed E-state index contributed by atoms with van der Waals surface area (Å²) in [6.07, 6.45) is 1.09. The fourth-order valence-electron chi connectivity index (χ4n) is 0.376. The Morgan fingerprint density at radius 2 is 1.82 bits per heavy atom. The Labute approximate surface area is 65.1 Å². The highest BCUT2D eigenvalue weighted by Crippen LogP contribution is 1.93. The van der Waals surface area contributed by atoms with Crippen LogP contribution in [-0.4, -0.2) is 36.0 Å². The van der Waals surface area contributed by atoms with Crippen LogP contribution in [-0.2, 0) is 9.59 Å². The first-order chi connectivity index (χ1) is 4.95. The van der Waals surface area contributed by atoms with E-state index in [1.807, 2.05) is 0 Å². The third-order valence-electron chi connectivity index (χ3n) is 1.12. The molecule has 0 aliphatic rings. The van der Waals surface area contributed by atoms with Crippen LogP contribution in [0.2, 0.25) is 0 Å². The van der Waals surface area contributed by atoms with E-state index in [9.17, 15) is 9.59 Å². The molecule has 0 saturated heterocycles. The highest BCUT2D eigenvalue weighted by atomic mass is 16.4. The van der Waals surface area contributed by atoms with Gasteiger partial charge in [-0.1, -0.05) is 0 Å². The van der Waals surface area contributed by atoms with Gasteiger partial charge in [-0.25, -0.2) is 4.79 Å². The minimum atomic E-state index is -1.07. The lowest BCUT2D eigenvalue weighted by molar-refractivity contribution is -0.133. The summed E-state index contributed by atoms with van der Waals surface area (Å²) in [5.41, 5.74) is 0.0451. The molecule has 0 aromatic rings. The van der Waals surface area contributed by atoms with E-state index in [4.69, 9.17) is 5.11 Å². The molecule has 0 unspecified atom stereocenters. The molecule has 0 aliphatic carbocycles. The number of carbonyl (C=O) groups excluding carboxylic acids is 1. The van der Waals surface area contributed by atoms with Crippen LogP contribution in [0.4, 0.5) is 0 Å². The average Bonchev–Trinajstić information content (AvgIpc) is 1.87. The van der Waals surface area contributed by atoms with Crippen LogP contribution in [0, 0.1) is 0 Å². The third-order valence-corrected chi connectivity index (χ3v) is 1.12. The van der Waals surface area contributed by atoms with Gasteiger partial charge in [-0.15, -0.1) is 0 Å². The normalized spacial score (nSPS) is 11.0. The predicted molar refractivity (Wildman–Crippen MR) is 40.1 cm³/mol.